The van der Waals surface area contributed by atoms with Gasteiger partial charge in [0.15, 0.2) is 17.5 Å². The molecule has 9 rings (SSSR count). The predicted octanol–water partition coefficient (Wildman–Crippen LogP) is 8.89. The molecule has 0 saturated carbocycles. The predicted molar refractivity (Wildman–Crippen MR) is 175 cm³/mol. The van der Waals surface area contributed by atoms with Crippen LogP contribution in [0.1, 0.15) is 0 Å². The van der Waals surface area contributed by atoms with Crippen molar-refractivity contribution in [3.8, 4) is 34.3 Å². The monoisotopic (exact) mass is 568 g/mol. The minimum atomic E-state index is 0.520. The van der Waals surface area contributed by atoms with Crippen molar-refractivity contribution in [1.82, 2.24) is 29.9 Å². The zero-order valence-electron chi connectivity index (χ0n) is 22.6. The SMILES string of the molecule is c1ccc2c(c1)sc1c3ccccc3c3nc(-c4nc(-c5ccncc5)nc(-c5ccncc5)n4)c4ccccc4c3c21. The van der Waals surface area contributed by atoms with Crippen LogP contribution in [-0.4, -0.2) is 29.9 Å². The zero-order chi connectivity index (χ0) is 28.3. The van der Waals surface area contributed by atoms with E-state index in [0.717, 1.165) is 43.9 Å². The molecule has 7 heteroatoms. The molecule has 5 aromatic heterocycles. The summed E-state index contributed by atoms with van der Waals surface area (Å²) < 4.78 is 2.55. The molecule has 0 unspecified atom stereocenters. The van der Waals surface area contributed by atoms with Crippen LogP contribution >= 0.6 is 11.3 Å². The molecule has 0 saturated heterocycles. The number of rotatable bonds is 3. The Morgan fingerprint density at radius 2 is 0.953 bits per heavy atom. The van der Waals surface area contributed by atoms with Crippen molar-refractivity contribution < 1.29 is 0 Å². The average molecular weight is 569 g/mol. The summed E-state index contributed by atoms with van der Waals surface area (Å²) in [6, 6.07) is 33.3. The van der Waals surface area contributed by atoms with Gasteiger partial charge in [0.1, 0.15) is 5.69 Å². The standard InChI is InChI=1S/C36H20N6S/c1-2-8-24-23(7-1)29-30-27-11-5-6-12-28(27)43-33(30)26-10-4-3-9-25(26)31(29)39-32(24)36-41-34(21-13-17-37-18-14-21)40-35(42-36)22-15-19-38-20-16-22/h1-20H. The maximum absolute atomic E-state index is 5.44. The van der Waals surface area contributed by atoms with Gasteiger partial charge >= 0.3 is 0 Å². The third kappa shape index (κ3) is 3.72. The first-order valence-corrected chi connectivity index (χ1v) is 14.8. The van der Waals surface area contributed by atoms with Crippen LogP contribution in [0.5, 0.6) is 0 Å². The van der Waals surface area contributed by atoms with E-state index in [2.05, 4.69) is 82.8 Å². The lowest BCUT2D eigenvalue weighted by Crippen LogP contribution is -2.02. The highest BCUT2D eigenvalue weighted by molar-refractivity contribution is 7.27. The molecule has 0 aliphatic carbocycles. The van der Waals surface area contributed by atoms with E-state index in [1.165, 1.54) is 25.6 Å². The fourth-order valence-corrected chi connectivity index (χ4v) is 7.24. The summed E-state index contributed by atoms with van der Waals surface area (Å²) in [7, 11) is 0. The third-order valence-electron chi connectivity index (χ3n) is 7.91. The minimum Gasteiger partial charge on any atom is -0.265 e. The molecule has 0 aliphatic heterocycles. The van der Waals surface area contributed by atoms with Crippen molar-refractivity contribution >= 4 is 64.0 Å². The Labute approximate surface area is 249 Å². The Kier molecular flexibility index (Phi) is 5.27. The summed E-state index contributed by atoms with van der Waals surface area (Å²) >= 11 is 1.84. The molecular formula is C36H20N6S. The number of hydrogen-bond donors (Lipinski definition) is 0. The maximum atomic E-state index is 5.44. The molecule has 5 heterocycles. The Bertz CT molecular complexity index is 2450. The molecule has 0 spiro atoms. The molecular weight excluding hydrogens is 549 g/mol. The van der Waals surface area contributed by atoms with Crippen LogP contribution in [0.15, 0.2) is 122 Å². The van der Waals surface area contributed by atoms with Gasteiger partial charge in [-0.05, 0) is 35.7 Å². The van der Waals surface area contributed by atoms with E-state index < -0.39 is 0 Å². The molecule has 9 aromatic rings. The minimum absolute atomic E-state index is 0.520. The van der Waals surface area contributed by atoms with E-state index in [1.807, 2.05) is 35.6 Å². The van der Waals surface area contributed by atoms with E-state index in [0.29, 0.717) is 17.5 Å². The van der Waals surface area contributed by atoms with Crippen molar-refractivity contribution in [3.63, 3.8) is 0 Å². The van der Waals surface area contributed by atoms with Crippen molar-refractivity contribution in [1.29, 1.82) is 0 Å². The highest BCUT2D eigenvalue weighted by Crippen LogP contribution is 2.46. The van der Waals surface area contributed by atoms with Crippen LogP contribution < -0.4 is 0 Å². The number of pyridine rings is 3. The molecule has 0 amide bonds. The van der Waals surface area contributed by atoms with Crippen molar-refractivity contribution in [3.05, 3.63) is 122 Å². The first-order chi connectivity index (χ1) is 21.3. The summed E-state index contributed by atoms with van der Waals surface area (Å²) in [5.74, 6) is 1.65. The second-order valence-corrected chi connectivity index (χ2v) is 11.4. The van der Waals surface area contributed by atoms with Crippen LogP contribution in [0.2, 0.25) is 0 Å². The Hall–Kier alpha value is -5.66. The number of benzene rings is 4. The van der Waals surface area contributed by atoms with Gasteiger partial charge in [-0.2, -0.15) is 0 Å². The molecule has 0 bridgehead atoms. The van der Waals surface area contributed by atoms with E-state index in [1.54, 1.807) is 24.8 Å². The van der Waals surface area contributed by atoms with Gasteiger partial charge in [-0.1, -0.05) is 66.7 Å². The zero-order valence-corrected chi connectivity index (χ0v) is 23.5. The topological polar surface area (TPSA) is 77.3 Å². The Morgan fingerprint density at radius 3 is 1.63 bits per heavy atom. The number of thiophene rings is 1. The summed E-state index contributed by atoms with van der Waals surface area (Å²) in [6.07, 6.45) is 6.99. The molecule has 4 aromatic carbocycles. The maximum Gasteiger partial charge on any atom is 0.183 e. The molecule has 0 fully saturated rings. The van der Waals surface area contributed by atoms with Gasteiger partial charge in [-0.3, -0.25) is 9.97 Å². The quantitative estimate of drug-likeness (QED) is 0.198. The van der Waals surface area contributed by atoms with Gasteiger partial charge in [0, 0.05) is 77.6 Å². The molecule has 6 nitrogen and oxygen atoms in total. The van der Waals surface area contributed by atoms with Gasteiger partial charge in [-0.15, -0.1) is 11.3 Å². The van der Waals surface area contributed by atoms with Gasteiger partial charge in [0.25, 0.3) is 0 Å². The molecule has 43 heavy (non-hydrogen) atoms. The highest BCUT2D eigenvalue weighted by atomic mass is 32.1. The second-order valence-electron chi connectivity index (χ2n) is 10.4. The molecule has 200 valence electrons. The fourth-order valence-electron chi connectivity index (χ4n) is 5.99. The van der Waals surface area contributed by atoms with Gasteiger partial charge in [-0.25, -0.2) is 19.9 Å². The molecule has 0 atom stereocenters. The Balaban J connectivity index is 1.45. The smallest absolute Gasteiger partial charge is 0.183 e. The number of aromatic nitrogens is 6. The fraction of sp³-hybridized carbons (Fsp3) is 0. The number of fused-ring (bicyclic) bond motifs is 10. The number of hydrogen-bond acceptors (Lipinski definition) is 7. The highest BCUT2D eigenvalue weighted by Gasteiger charge is 2.21. The third-order valence-corrected chi connectivity index (χ3v) is 9.11. The van der Waals surface area contributed by atoms with Crippen LogP contribution in [0, 0.1) is 0 Å². The average Bonchev–Trinajstić information content (AvgIpc) is 3.48. The lowest BCUT2D eigenvalue weighted by molar-refractivity contribution is 1.06. The summed E-state index contributed by atoms with van der Waals surface area (Å²) in [5, 5.41) is 8.08. The van der Waals surface area contributed by atoms with Crippen LogP contribution in [0.4, 0.5) is 0 Å². The lowest BCUT2D eigenvalue weighted by Gasteiger charge is -2.14. The second kappa shape index (κ2) is 9.44. The molecule has 0 aliphatic rings. The normalized spacial score (nSPS) is 11.7. The number of nitrogens with zero attached hydrogens (tertiary/aromatic N) is 6. The van der Waals surface area contributed by atoms with E-state index in [-0.39, 0.29) is 0 Å². The van der Waals surface area contributed by atoms with Crippen molar-refractivity contribution in [2.75, 3.05) is 0 Å². The summed E-state index contributed by atoms with van der Waals surface area (Å²) in [4.78, 5) is 28.7. The lowest BCUT2D eigenvalue weighted by atomic mass is 9.95. The van der Waals surface area contributed by atoms with E-state index in [9.17, 15) is 0 Å². The first-order valence-electron chi connectivity index (χ1n) is 13.9. The van der Waals surface area contributed by atoms with Gasteiger partial charge in [0.2, 0.25) is 0 Å². The summed E-state index contributed by atoms with van der Waals surface area (Å²) in [6.45, 7) is 0. The molecule has 0 radical (unpaired) electrons. The van der Waals surface area contributed by atoms with E-state index >= 15 is 0 Å². The first kappa shape index (κ1) is 24.0. The van der Waals surface area contributed by atoms with Crippen molar-refractivity contribution in [2.45, 2.75) is 0 Å². The van der Waals surface area contributed by atoms with Crippen molar-refractivity contribution in [2.24, 2.45) is 0 Å². The van der Waals surface area contributed by atoms with Crippen LogP contribution in [0.25, 0.3) is 86.9 Å². The van der Waals surface area contributed by atoms with Gasteiger partial charge < -0.3 is 0 Å². The van der Waals surface area contributed by atoms with Gasteiger partial charge in [0.05, 0.1) is 5.52 Å². The summed E-state index contributed by atoms with van der Waals surface area (Å²) in [5.41, 5.74) is 3.38. The van der Waals surface area contributed by atoms with Crippen LogP contribution in [-0.2, 0) is 0 Å². The van der Waals surface area contributed by atoms with E-state index in [4.69, 9.17) is 19.9 Å². The Morgan fingerprint density at radius 1 is 0.419 bits per heavy atom. The molecule has 0 N–H and O–H groups in total. The van der Waals surface area contributed by atoms with Crippen LogP contribution in [0.3, 0.4) is 0 Å². The largest absolute Gasteiger partial charge is 0.265 e.